The molecule has 0 bridgehead atoms. The molecule has 1 aromatic heterocycles. The number of ether oxygens (including phenoxy) is 2. The summed E-state index contributed by atoms with van der Waals surface area (Å²) in [6.07, 6.45) is 0. The van der Waals surface area contributed by atoms with Gasteiger partial charge in [-0.15, -0.1) is 0 Å². The summed E-state index contributed by atoms with van der Waals surface area (Å²) in [7, 11) is -2.28. The van der Waals surface area contributed by atoms with Crippen LogP contribution in [0, 0.1) is 13.8 Å². The molecule has 0 aliphatic carbocycles. The monoisotopic (exact) mass is 351 g/mol. The highest BCUT2D eigenvalue weighted by atomic mass is 32.2. The lowest BCUT2D eigenvalue weighted by Crippen LogP contribution is -2.43. The second-order valence-electron chi connectivity index (χ2n) is 5.81. The zero-order valence-corrected chi connectivity index (χ0v) is 14.8. The van der Waals surface area contributed by atoms with Crippen molar-refractivity contribution in [2.75, 3.05) is 26.9 Å². The second-order valence-corrected chi connectivity index (χ2v) is 7.67. The van der Waals surface area contributed by atoms with E-state index in [1.165, 1.54) is 11.4 Å². The largest absolute Gasteiger partial charge is 0.495 e. The fourth-order valence-corrected chi connectivity index (χ4v) is 4.65. The summed E-state index contributed by atoms with van der Waals surface area (Å²) in [5.41, 5.74) is 0.855. The van der Waals surface area contributed by atoms with E-state index >= 15 is 0 Å². The maximum Gasteiger partial charge on any atom is 0.247 e. The number of hydrogen-bond donors (Lipinski definition) is 0. The number of furan rings is 1. The lowest BCUT2D eigenvalue weighted by Gasteiger charge is -2.33. The molecule has 7 heteroatoms. The van der Waals surface area contributed by atoms with Crippen molar-refractivity contribution in [1.29, 1.82) is 0 Å². The summed E-state index contributed by atoms with van der Waals surface area (Å²) in [5.74, 6) is 1.66. The third-order valence-electron chi connectivity index (χ3n) is 4.07. The van der Waals surface area contributed by atoms with Crippen molar-refractivity contribution in [3.8, 4) is 5.75 Å². The van der Waals surface area contributed by atoms with Gasteiger partial charge in [0.2, 0.25) is 10.0 Å². The molecule has 3 rings (SSSR count). The molecule has 0 amide bonds. The number of benzene rings is 1. The molecule has 6 nitrogen and oxygen atoms in total. The van der Waals surface area contributed by atoms with E-state index in [-0.39, 0.29) is 18.0 Å². The molecule has 0 spiro atoms. The summed E-state index contributed by atoms with van der Waals surface area (Å²) >= 11 is 0. The van der Waals surface area contributed by atoms with E-state index < -0.39 is 16.1 Å². The quantitative estimate of drug-likeness (QED) is 0.847. The Hall–Kier alpha value is -1.83. The van der Waals surface area contributed by atoms with Gasteiger partial charge in [-0.05, 0) is 43.7 Å². The minimum Gasteiger partial charge on any atom is -0.495 e. The Bertz CT molecular complexity index is 827. The van der Waals surface area contributed by atoms with E-state index in [4.69, 9.17) is 13.9 Å². The van der Waals surface area contributed by atoms with Crippen LogP contribution in [-0.4, -0.2) is 39.6 Å². The van der Waals surface area contributed by atoms with Crippen LogP contribution in [0.25, 0.3) is 0 Å². The molecule has 1 fully saturated rings. The van der Waals surface area contributed by atoms with Gasteiger partial charge in [0.15, 0.2) is 0 Å². The number of nitrogens with zero attached hydrogens (tertiary/aromatic N) is 1. The van der Waals surface area contributed by atoms with Crippen LogP contribution in [0.5, 0.6) is 5.75 Å². The smallest absolute Gasteiger partial charge is 0.247 e. The Balaban J connectivity index is 2.05. The summed E-state index contributed by atoms with van der Waals surface area (Å²) in [6.45, 7) is 4.56. The third-order valence-corrected chi connectivity index (χ3v) is 6.00. The van der Waals surface area contributed by atoms with Gasteiger partial charge < -0.3 is 13.9 Å². The zero-order chi connectivity index (χ0) is 17.3. The second kappa shape index (κ2) is 6.58. The molecule has 2 heterocycles. The molecule has 24 heavy (non-hydrogen) atoms. The highest BCUT2D eigenvalue weighted by Gasteiger charge is 2.38. The van der Waals surface area contributed by atoms with Gasteiger partial charge in [0.25, 0.3) is 0 Å². The Morgan fingerprint density at radius 3 is 2.67 bits per heavy atom. The van der Waals surface area contributed by atoms with Gasteiger partial charge in [-0.3, -0.25) is 0 Å². The molecule has 0 N–H and O–H groups in total. The van der Waals surface area contributed by atoms with Crippen LogP contribution in [-0.2, 0) is 14.8 Å². The number of methoxy groups -OCH3 is 1. The minimum absolute atomic E-state index is 0.167. The van der Waals surface area contributed by atoms with Gasteiger partial charge in [0, 0.05) is 6.54 Å². The molecule has 0 radical (unpaired) electrons. The van der Waals surface area contributed by atoms with Gasteiger partial charge in [0.1, 0.15) is 28.2 Å². The highest BCUT2D eigenvalue weighted by molar-refractivity contribution is 7.89. The lowest BCUT2D eigenvalue weighted by atomic mass is 10.2. The summed E-state index contributed by atoms with van der Waals surface area (Å²) in [5, 5.41) is 0. The minimum atomic E-state index is -3.75. The van der Waals surface area contributed by atoms with Crippen molar-refractivity contribution < 1.29 is 22.3 Å². The van der Waals surface area contributed by atoms with E-state index in [1.807, 2.05) is 26.0 Å². The average molecular weight is 351 g/mol. The van der Waals surface area contributed by atoms with Crippen molar-refractivity contribution in [1.82, 2.24) is 4.31 Å². The van der Waals surface area contributed by atoms with Gasteiger partial charge in [-0.1, -0.05) is 6.07 Å². The molecule has 1 saturated heterocycles. The van der Waals surface area contributed by atoms with E-state index in [0.717, 1.165) is 11.3 Å². The van der Waals surface area contributed by atoms with Crippen LogP contribution in [0.2, 0.25) is 0 Å². The highest BCUT2D eigenvalue weighted by Crippen LogP contribution is 2.35. The van der Waals surface area contributed by atoms with Gasteiger partial charge >= 0.3 is 0 Å². The Kier molecular flexibility index (Phi) is 4.67. The fourth-order valence-electron chi connectivity index (χ4n) is 2.84. The van der Waals surface area contributed by atoms with Crippen molar-refractivity contribution in [3.05, 3.63) is 47.4 Å². The molecule has 1 aliphatic heterocycles. The van der Waals surface area contributed by atoms with E-state index in [1.54, 1.807) is 18.2 Å². The number of hydrogen-bond acceptors (Lipinski definition) is 5. The average Bonchev–Trinajstić information content (AvgIpc) is 3.01. The Morgan fingerprint density at radius 1 is 1.21 bits per heavy atom. The number of sulfonamides is 1. The van der Waals surface area contributed by atoms with Crippen LogP contribution in [0.1, 0.15) is 23.1 Å². The number of rotatable bonds is 4. The summed E-state index contributed by atoms with van der Waals surface area (Å²) in [4.78, 5) is 0.167. The molecule has 1 aliphatic rings. The standard InChI is InChI=1S/C17H21NO5S/c1-12-4-6-16(21-3)17(10-12)24(19,20)18-8-9-22-11-14(18)15-7-5-13(2)23-15/h4-7,10,14H,8-9,11H2,1-3H3. The number of morpholine rings is 1. The summed E-state index contributed by atoms with van der Waals surface area (Å²) in [6, 6.07) is 8.27. The van der Waals surface area contributed by atoms with Crippen LogP contribution >= 0.6 is 0 Å². The van der Waals surface area contributed by atoms with E-state index in [0.29, 0.717) is 18.1 Å². The first-order chi connectivity index (χ1) is 11.4. The fraction of sp³-hybridized carbons (Fsp3) is 0.412. The normalized spacial score (nSPS) is 19.4. The topological polar surface area (TPSA) is 69.0 Å². The predicted molar refractivity (Wildman–Crippen MR) is 88.6 cm³/mol. The summed E-state index contributed by atoms with van der Waals surface area (Å²) < 4.78 is 44.4. The predicted octanol–water partition coefficient (Wildman–Crippen LogP) is 2.67. The molecular weight excluding hydrogens is 330 g/mol. The molecule has 2 aromatic rings. The van der Waals surface area contributed by atoms with E-state index in [2.05, 4.69) is 0 Å². The molecule has 1 atom stereocenters. The Morgan fingerprint density at radius 2 is 2.00 bits per heavy atom. The first-order valence-corrected chi connectivity index (χ1v) is 9.18. The van der Waals surface area contributed by atoms with Crippen molar-refractivity contribution >= 4 is 10.0 Å². The van der Waals surface area contributed by atoms with E-state index in [9.17, 15) is 8.42 Å². The first kappa shape index (κ1) is 17.0. The molecular formula is C17H21NO5S. The maximum absolute atomic E-state index is 13.3. The van der Waals surface area contributed by atoms with Gasteiger partial charge in [-0.25, -0.2) is 8.42 Å². The molecule has 1 unspecified atom stereocenters. The first-order valence-electron chi connectivity index (χ1n) is 7.74. The SMILES string of the molecule is COc1ccc(C)cc1S(=O)(=O)N1CCOCC1c1ccc(C)o1. The van der Waals surface area contributed by atoms with Crippen molar-refractivity contribution in [2.45, 2.75) is 24.8 Å². The van der Waals surface area contributed by atoms with Crippen LogP contribution in [0.4, 0.5) is 0 Å². The maximum atomic E-state index is 13.3. The van der Waals surface area contributed by atoms with Crippen LogP contribution in [0.3, 0.4) is 0 Å². The molecule has 1 aromatic carbocycles. The Labute approximate surface area is 142 Å². The lowest BCUT2D eigenvalue weighted by molar-refractivity contribution is 0.0241. The molecule has 0 saturated carbocycles. The zero-order valence-electron chi connectivity index (χ0n) is 14.0. The van der Waals surface area contributed by atoms with Crippen molar-refractivity contribution in [2.24, 2.45) is 0 Å². The molecule has 130 valence electrons. The number of aryl methyl sites for hydroxylation is 2. The third kappa shape index (κ3) is 3.07. The van der Waals surface area contributed by atoms with Gasteiger partial charge in [0.05, 0.1) is 20.3 Å². The van der Waals surface area contributed by atoms with Crippen LogP contribution in [0.15, 0.2) is 39.6 Å². The van der Waals surface area contributed by atoms with Gasteiger partial charge in [-0.2, -0.15) is 4.31 Å². The van der Waals surface area contributed by atoms with Crippen LogP contribution < -0.4 is 4.74 Å². The van der Waals surface area contributed by atoms with Crippen molar-refractivity contribution in [3.63, 3.8) is 0 Å².